The van der Waals surface area contributed by atoms with Crippen LogP contribution in [0.4, 0.5) is 0 Å². The summed E-state index contributed by atoms with van der Waals surface area (Å²) >= 11 is 0. The molecule has 3 saturated carbocycles. The van der Waals surface area contributed by atoms with Crippen molar-refractivity contribution in [2.45, 2.75) is 91.1 Å². The zero-order valence-electron chi connectivity index (χ0n) is 17.5. The van der Waals surface area contributed by atoms with Crippen LogP contribution in [0.5, 0.6) is 0 Å². The molecule has 3 unspecified atom stereocenters. The number of carbonyl (C=O) groups excluding carboxylic acids is 1. The predicted molar refractivity (Wildman–Crippen MR) is 105 cm³/mol. The van der Waals surface area contributed by atoms with E-state index < -0.39 is 5.79 Å². The minimum Gasteiger partial charge on any atom is -0.344 e. The van der Waals surface area contributed by atoms with E-state index in [2.05, 4.69) is 26.0 Å². The number of rotatable bonds is 0. The Morgan fingerprint density at radius 2 is 1.78 bits per heavy atom. The van der Waals surface area contributed by atoms with Crippen LogP contribution in [0.2, 0.25) is 0 Å². The monoisotopic (exact) mass is 370 g/mol. The smallest absolute Gasteiger partial charge is 0.164 e. The summed E-state index contributed by atoms with van der Waals surface area (Å²) in [5, 5.41) is 0. The van der Waals surface area contributed by atoms with Gasteiger partial charge in [-0.05, 0) is 92.6 Å². The Morgan fingerprint density at radius 3 is 2.52 bits per heavy atom. The molecule has 5 aliphatic rings. The molecule has 0 radical (unpaired) electrons. The second kappa shape index (κ2) is 5.57. The van der Waals surface area contributed by atoms with E-state index in [0.29, 0.717) is 23.5 Å². The maximum atomic E-state index is 12.7. The summed E-state index contributed by atoms with van der Waals surface area (Å²) < 4.78 is 12.6. The Morgan fingerprint density at radius 1 is 1.04 bits per heavy atom. The zero-order valence-corrected chi connectivity index (χ0v) is 17.5. The highest BCUT2D eigenvalue weighted by atomic mass is 16.8. The molecule has 1 aliphatic heterocycles. The molecule has 5 rings (SSSR count). The first-order valence-electron chi connectivity index (χ1n) is 11.0. The van der Waals surface area contributed by atoms with Gasteiger partial charge in [0, 0.05) is 6.42 Å². The summed E-state index contributed by atoms with van der Waals surface area (Å²) in [6, 6.07) is 0. The van der Waals surface area contributed by atoms with Crippen molar-refractivity contribution in [1.82, 2.24) is 0 Å². The fourth-order valence-electron chi connectivity index (χ4n) is 7.79. The topological polar surface area (TPSA) is 35.5 Å². The van der Waals surface area contributed by atoms with Gasteiger partial charge in [0.2, 0.25) is 0 Å². The van der Waals surface area contributed by atoms with Crippen molar-refractivity contribution in [2.24, 2.45) is 28.6 Å². The van der Waals surface area contributed by atoms with Crippen LogP contribution in [0.15, 0.2) is 23.3 Å². The number of Topliss-reactive ketones (excluding diaryl/α,β-unsaturated/α-hetero) is 1. The fourth-order valence-corrected chi connectivity index (χ4v) is 7.79. The average molecular weight is 371 g/mol. The van der Waals surface area contributed by atoms with E-state index in [1.54, 1.807) is 0 Å². The summed E-state index contributed by atoms with van der Waals surface area (Å²) in [7, 11) is 0. The first-order valence-corrected chi connectivity index (χ1v) is 11.0. The summed E-state index contributed by atoms with van der Waals surface area (Å²) in [4.78, 5) is 12.7. The summed E-state index contributed by atoms with van der Waals surface area (Å²) in [5.74, 6) is 1.75. The number of hydrogen-bond donors (Lipinski definition) is 0. The van der Waals surface area contributed by atoms with Gasteiger partial charge in [0.05, 0.1) is 6.10 Å². The molecule has 0 aromatic heterocycles. The van der Waals surface area contributed by atoms with E-state index in [1.807, 2.05) is 20.8 Å². The van der Waals surface area contributed by atoms with Crippen molar-refractivity contribution >= 4 is 5.78 Å². The Balaban J connectivity index is 1.51. The van der Waals surface area contributed by atoms with Gasteiger partial charge in [-0.15, -0.1) is 0 Å². The van der Waals surface area contributed by atoms with Gasteiger partial charge < -0.3 is 9.47 Å². The van der Waals surface area contributed by atoms with Gasteiger partial charge >= 0.3 is 0 Å². The molecule has 0 aromatic carbocycles. The fraction of sp³-hybridized carbons (Fsp3) is 0.792. The van der Waals surface area contributed by atoms with Crippen LogP contribution < -0.4 is 0 Å². The molecule has 1 saturated heterocycles. The lowest BCUT2D eigenvalue weighted by Gasteiger charge is -2.57. The summed E-state index contributed by atoms with van der Waals surface area (Å²) in [5.41, 5.74) is 2.92. The van der Waals surface area contributed by atoms with Gasteiger partial charge in [0.15, 0.2) is 11.6 Å². The minimum atomic E-state index is -0.470. The number of fused-ring (bicyclic) bond motifs is 7. The van der Waals surface area contributed by atoms with Crippen molar-refractivity contribution in [3.8, 4) is 0 Å². The molecule has 4 aliphatic carbocycles. The maximum absolute atomic E-state index is 12.7. The van der Waals surface area contributed by atoms with Gasteiger partial charge in [-0.25, -0.2) is 0 Å². The highest BCUT2D eigenvalue weighted by molar-refractivity contribution is 5.99. The lowest BCUT2D eigenvalue weighted by molar-refractivity contribution is -0.143. The third-order valence-corrected chi connectivity index (χ3v) is 8.96. The van der Waals surface area contributed by atoms with Gasteiger partial charge in [-0.3, -0.25) is 4.79 Å². The van der Waals surface area contributed by atoms with Crippen LogP contribution >= 0.6 is 0 Å². The molecule has 0 amide bonds. The van der Waals surface area contributed by atoms with Crippen molar-refractivity contribution < 1.29 is 14.3 Å². The maximum Gasteiger partial charge on any atom is 0.164 e. The molecule has 148 valence electrons. The van der Waals surface area contributed by atoms with Crippen LogP contribution in [-0.2, 0) is 14.3 Å². The SMILES string of the molecule is C/C=C1/C(=O)CC2C3CC=C4[C@H]5OC(C)(C)O[C@H]5CC[C@]4(C)C3CC[C@]12C. The van der Waals surface area contributed by atoms with Gasteiger partial charge in [-0.1, -0.05) is 26.0 Å². The Kier molecular flexibility index (Phi) is 3.74. The molecule has 0 aromatic rings. The first-order chi connectivity index (χ1) is 12.7. The van der Waals surface area contributed by atoms with Crippen molar-refractivity contribution in [1.29, 1.82) is 0 Å². The second-order valence-electron chi connectivity index (χ2n) is 10.6. The normalized spacial score (nSPS) is 52.0. The molecular formula is C24H34O3. The Hall–Kier alpha value is -0.930. The molecule has 0 bridgehead atoms. The predicted octanol–water partition coefficient (Wildman–Crippen LogP) is 5.20. The van der Waals surface area contributed by atoms with Crippen LogP contribution in [-0.4, -0.2) is 23.8 Å². The van der Waals surface area contributed by atoms with Gasteiger partial charge in [0.1, 0.15) is 6.10 Å². The summed E-state index contributed by atoms with van der Waals surface area (Å²) in [6.07, 6.45) is 11.5. The van der Waals surface area contributed by atoms with E-state index >= 15 is 0 Å². The van der Waals surface area contributed by atoms with E-state index in [9.17, 15) is 4.79 Å². The molecule has 0 spiro atoms. The quantitative estimate of drug-likeness (QED) is 0.434. The number of allylic oxidation sites excluding steroid dienone is 3. The molecule has 0 N–H and O–H groups in total. The average Bonchev–Trinajstić information content (AvgIpc) is 3.05. The molecular weight excluding hydrogens is 336 g/mol. The molecule has 7 atom stereocenters. The molecule has 3 nitrogen and oxygen atoms in total. The first kappa shape index (κ1) is 18.1. The van der Waals surface area contributed by atoms with Crippen molar-refractivity contribution in [3.05, 3.63) is 23.3 Å². The van der Waals surface area contributed by atoms with Crippen molar-refractivity contribution in [3.63, 3.8) is 0 Å². The summed E-state index contributed by atoms with van der Waals surface area (Å²) in [6.45, 7) is 11.0. The minimum absolute atomic E-state index is 0.0981. The van der Waals surface area contributed by atoms with Gasteiger partial charge in [0.25, 0.3) is 0 Å². The van der Waals surface area contributed by atoms with Crippen LogP contribution in [0.25, 0.3) is 0 Å². The lowest BCUT2D eigenvalue weighted by atomic mass is 9.47. The third-order valence-electron chi connectivity index (χ3n) is 8.96. The number of hydrogen-bond acceptors (Lipinski definition) is 3. The highest BCUT2D eigenvalue weighted by Crippen LogP contribution is 2.66. The van der Waals surface area contributed by atoms with Gasteiger partial charge in [-0.2, -0.15) is 0 Å². The van der Waals surface area contributed by atoms with Crippen molar-refractivity contribution in [2.75, 3.05) is 0 Å². The molecule has 1 heterocycles. The Labute approximate surface area is 163 Å². The van der Waals surface area contributed by atoms with E-state index in [4.69, 9.17) is 9.47 Å². The number of ketones is 1. The van der Waals surface area contributed by atoms with Crippen LogP contribution in [0.3, 0.4) is 0 Å². The zero-order chi connectivity index (χ0) is 19.2. The van der Waals surface area contributed by atoms with E-state index in [-0.39, 0.29) is 23.0 Å². The number of carbonyl (C=O) groups is 1. The lowest BCUT2D eigenvalue weighted by Crippen LogP contribution is -2.52. The van der Waals surface area contributed by atoms with Crippen LogP contribution in [0.1, 0.15) is 73.1 Å². The van der Waals surface area contributed by atoms with E-state index in [1.165, 1.54) is 18.4 Å². The molecule has 4 fully saturated rings. The third kappa shape index (κ3) is 2.31. The van der Waals surface area contributed by atoms with Crippen LogP contribution in [0, 0.1) is 28.6 Å². The van der Waals surface area contributed by atoms with E-state index in [0.717, 1.165) is 31.3 Å². The molecule has 27 heavy (non-hydrogen) atoms. The molecule has 3 heteroatoms. The largest absolute Gasteiger partial charge is 0.344 e. The Bertz CT molecular complexity index is 747. The standard InChI is InChI=1S/C24H34O3/c1-6-15-19(25)13-18-14-7-8-17-21-20(26-22(2,3)27-21)10-12-24(17,5)16(14)9-11-23(15,18)4/h6,8,14,16,18,20-21H,7,9-13H2,1-5H3/b15-6-/t14?,16?,18?,20-,21+,23+,24+/m0/s1. The number of ether oxygens (including phenoxy) is 2. The second-order valence-corrected chi connectivity index (χ2v) is 10.6. The highest BCUT2D eigenvalue weighted by Gasteiger charge is 2.61.